The van der Waals surface area contributed by atoms with Crippen molar-refractivity contribution in [2.75, 3.05) is 6.61 Å². The summed E-state index contributed by atoms with van der Waals surface area (Å²) in [6.45, 7) is 3.00. The number of aromatic nitrogens is 1. The van der Waals surface area contributed by atoms with E-state index in [-0.39, 0.29) is 12.3 Å². The molecule has 0 bridgehead atoms. The molecule has 0 radical (unpaired) electrons. The van der Waals surface area contributed by atoms with Gasteiger partial charge in [0, 0.05) is 16.9 Å². The zero-order valence-electron chi connectivity index (χ0n) is 14.4. The van der Waals surface area contributed by atoms with Crippen LogP contribution in [0.2, 0.25) is 5.02 Å². The quantitative estimate of drug-likeness (QED) is 0.639. The van der Waals surface area contributed by atoms with Gasteiger partial charge in [-0.25, -0.2) is 4.98 Å². The first-order valence-corrected chi connectivity index (χ1v) is 9.59. The average molecular weight is 387 g/mol. The number of halogens is 1. The Hall–Kier alpha value is -2.37. The molecule has 1 heterocycles. The highest BCUT2D eigenvalue weighted by Crippen LogP contribution is 2.32. The molecule has 0 atom stereocenters. The summed E-state index contributed by atoms with van der Waals surface area (Å²) < 4.78 is 5.66. The number of thiazole rings is 1. The maximum absolute atomic E-state index is 12.2. The molecule has 0 fully saturated rings. The Bertz CT molecular complexity index is 895. The third-order valence-corrected chi connectivity index (χ3v) is 4.85. The minimum Gasteiger partial charge on any atom is -0.493 e. The van der Waals surface area contributed by atoms with E-state index in [1.165, 1.54) is 11.3 Å². The summed E-state index contributed by atoms with van der Waals surface area (Å²) in [5.74, 6) is 0.737. The molecule has 0 saturated carbocycles. The highest BCUT2D eigenvalue weighted by atomic mass is 35.5. The van der Waals surface area contributed by atoms with Gasteiger partial charge in [-0.1, -0.05) is 35.9 Å². The van der Waals surface area contributed by atoms with Gasteiger partial charge in [0.25, 0.3) is 0 Å². The molecule has 134 valence electrons. The molecule has 0 unspecified atom stereocenters. The van der Waals surface area contributed by atoms with Crippen molar-refractivity contribution in [1.82, 2.24) is 10.3 Å². The molecule has 1 amide bonds. The number of amides is 1. The molecule has 1 N–H and O–H groups in total. The zero-order chi connectivity index (χ0) is 18.4. The SMILES string of the molecule is CCOc1ccccc1-c1nc(CC(=O)NCc2cccc(Cl)c2)cs1. The second-order valence-corrected chi connectivity index (χ2v) is 6.95. The van der Waals surface area contributed by atoms with Gasteiger partial charge in [-0.15, -0.1) is 11.3 Å². The number of carbonyl (C=O) groups is 1. The van der Waals surface area contributed by atoms with Crippen LogP contribution in [0.4, 0.5) is 0 Å². The molecule has 0 aliphatic carbocycles. The minimum absolute atomic E-state index is 0.0695. The van der Waals surface area contributed by atoms with Gasteiger partial charge in [-0.2, -0.15) is 0 Å². The van der Waals surface area contributed by atoms with Crippen molar-refractivity contribution in [3.8, 4) is 16.3 Å². The predicted molar refractivity (Wildman–Crippen MR) is 106 cm³/mol. The fourth-order valence-electron chi connectivity index (χ4n) is 2.51. The Morgan fingerprint density at radius 2 is 2.08 bits per heavy atom. The van der Waals surface area contributed by atoms with Crippen molar-refractivity contribution < 1.29 is 9.53 Å². The molecule has 1 aromatic heterocycles. The van der Waals surface area contributed by atoms with Crippen LogP contribution in [0.1, 0.15) is 18.2 Å². The van der Waals surface area contributed by atoms with Gasteiger partial charge >= 0.3 is 0 Å². The van der Waals surface area contributed by atoms with Gasteiger partial charge in [0.2, 0.25) is 5.91 Å². The third kappa shape index (κ3) is 4.84. The molecular formula is C20H19ClN2O2S. The van der Waals surface area contributed by atoms with E-state index in [2.05, 4.69) is 10.3 Å². The van der Waals surface area contributed by atoms with Crippen molar-refractivity contribution in [2.45, 2.75) is 19.9 Å². The molecular weight excluding hydrogens is 368 g/mol. The van der Waals surface area contributed by atoms with Gasteiger partial charge in [-0.3, -0.25) is 4.79 Å². The fourth-order valence-corrected chi connectivity index (χ4v) is 3.57. The Kier molecular flexibility index (Phi) is 6.26. The number of nitrogens with one attached hydrogen (secondary N) is 1. The second-order valence-electron chi connectivity index (χ2n) is 5.66. The van der Waals surface area contributed by atoms with Gasteiger partial charge in [0.1, 0.15) is 10.8 Å². The molecule has 6 heteroatoms. The number of ether oxygens (including phenoxy) is 1. The molecule has 0 saturated heterocycles. The Labute approximate surface area is 161 Å². The standard InChI is InChI=1S/C20H19ClN2O2S/c1-2-25-18-9-4-3-8-17(18)20-23-16(13-26-20)11-19(24)22-12-14-6-5-7-15(21)10-14/h3-10,13H,2,11-12H2,1H3,(H,22,24). The minimum atomic E-state index is -0.0695. The van der Waals surface area contributed by atoms with Crippen LogP contribution in [0, 0.1) is 0 Å². The summed E-state index contributed by atoms with van der Waals surface area (Å²) in [6.07, 6.45) is 0.244. The van der Waals surface area contributed by atoms with Crippen molar-refractivity contribution in [1.29, 1.82) is 0 Å². The van der Waals surface area contributed by atoms with Crippen LogP contribution in [0.15, 0.2) is 53.9 Å². The van der Waals surface area contributed by atoms with Gasteiger partial charge in [0.05, 0.1) is 24.3 Å². The van der Waals surface area contributed by atoms with Crippen LogP contribution >= 0.6 is 22.9 Å². The maximum atomic E-state index is 12.2. The van der Waals surface area contributed by atoms with Gasteiger partial charge in [0.15, 0.2) is 0 Å². The van der Waals surface area contributed by atoms with E-state index in [0.29, 0.717) is 18.2 Å². The number of benzene rings is 2. The van der Waals surface area contributed by atoms with E-state index in [4.69, 9.17) is 16.3 Å². The van der Waals surface area contributed by atoms with E-state index in [1.807, 2.05) is 60.8 Å². The second kappa shape index (κ2) is 8.83. The number of hydrogen-bond acceptors (Lipinski definition) is 4. The topological polar surface area (TPSA) is 51.2 Å². The van der Waals surface area contributed by atoms with Crippen molar-refractivity contribution in [3.05, 3.63) is 70.2 Å². The molecule has 2 aromatic carbocycles. The first-order valence-electron chi connectivity index (χ1n) is 8.33. The lowest BCUT2D eigenvalue weighted by Gasteiger charge is -2.07. The number of para-hydroxylation sites is 1. The molecule has 0 aliphatic rings. The van der Waals surface area contributed by atoms with Crippen molar-refractivity contribution >= 4 is 28.8 Å². The summed E-state index contributed by atoms with van der Waals surface area (Å²) in [4.78, 5) is 16.8. The highest BCUT2D eigenvalue weighted by Gasteiger charge is 2.12. The lowest BCUT2D eigenvalue weighted by molar-refractivity contribution is -0.120. The fraction of sp³-hybridized carbons (Fsp3) is 0.200. The normalized spacial score (nSPS) is 10.5. The van der Waals surface area contributed by atoms with E-state index in [1.54, 1.807) is 0 Å². The first kappa shape index (κ1) is 18.4. The summed E-state index contributed by atoms with van der Waals surface area (Å²) in [6, 6.07) is 15.2. The largest absolute Gasteiger partial charge is 0.493 e. The lowest BCUT2D eigenvalue weighted by atomic mass is 10.2. The van der Waals surface area contributed by atoms with Gasteiger partial charge < -0.3 is 10.1 Å². The molecule has 26 heavy (non-hydrogen) atoms. The van der Waals surface area contributed by atoms with Crippen LogP contribution < -0.4 is 10.1 Å². The summed E-state index contributed by atoms with van der Waals surface area (Å²) in [5, 5.41) is 6.33. The average Bonchev–Trinajstić information content (AvgIpc) is 3.09. The van der Waals surface area contributed by atoms with Crippen LogP contribution in [-0.4, -0.2) is 17.5 Å². The third-order valence-electron chi connectivity index (χ3n) is 3.69. The Morgan fingerprint density at radius 1 is 1.23 bits per heavy atom. The van der Waals surface area contributed by atoms with E-state index in [9.17, 15) is 4.79 Å². The predicted octanol–water partition coefficient (Wildman–Crippen LogP) is 4.72. The van der Waals surface area contributed by atoms with Crippen molar-refractivity contribution in [3.63, 3.8) is 0 Å². The smallest absolute Gasteiger partial charge is 0.226 e. The molecule has 4 nitrogen and oxygen atoms in total. The van der Waals surface area contributed by atoms with E-state index >= 15 is 0 Å². The Balaban J connectivity index is 1.62. The molecule has 0 spiro atoms. The molecule has 3 aromatic rings. The summed E-state index contributed by atoms with van der Waals surface area (Å²) in [5.41, 5.74) is 2.67. The number of hydrogen-bond donors (Lipinski definition) is 1. The van der Waals surface area contributed by atoms with Crippen molar-refractivity contribution in [2.24, 2.45) is 0 Å². The van der Waals surface area contributed by atoms with E-state index < -0.39 is 0 Å². The molecule has 0 aliphatic heterocycles. The molecule has 3 rings (SSSR count). The zero-order valence-corrected chi connectivity index (χ0v) is 15.9. The van der Waals surface area contributed by atoms with Gasteiger partial charge in [-0.05, 0) is 36.8 Å². The maximum Gasteiger partial charge on any atom is 0.226 e. The lowest BCUT2D eigenvalue weighted by Crippen LogP contribution is -2.24. The van der Waals surface area contributed by atoms with Crippen LogP contribution in [0.25, 0.3) is 10.6 Å². The van der Waals surface area contributed by atoms with Crippen LogP contribution in [0.3, 0.4) is 0 Å². The number of carbonyl (C=O) groups excluding carboxylic acids is 1. The van der Waals surface area contributed by atoms with Crippen LogP contribution in [-0.2, 0) is 17.8 Å². The number of rotatable bonds is 7. The summed E-state index contributed by atoms with van der Waals surface area (Å²) in [7, 11) is 0. The Morgan fingerprint density at radius 3 is 2.88 bits per heavy atom. The number of nitrogens with zero attached hydrogens (tertiary/aromatic N) is 1. The van der Waals surface area contributed by atoms with Crippen LogP contribution in [0.5, 0.6) is 5.75 Å². The van der Waals surface area contributed by atoms with E-state index in [0.717, 1.165) is 27.6 Å². The highest BCUT2D eigenvalue weighted by molar-refractivity contribution is 7.13. The first-order chi connectivity index (χ1) is 12.7. The monoisotopic (exact) mass is 386 g/mol. The summed E-state index contributed by atoms with van der Waals surface area (Å²) >= 11 is 7.47.